The molecule has 206 valence electrons. The van der Waals surface area contributed by atoms with Gasteiger partial charge in [-0.1, -0.05) is 45.1 Å². The molecule has 2 atom stereocenters. The summed E-state index contributed by atoms with van der Waals surface area (Å²) in [6.45, 7) is 12.8. The summed E-state index contributed by atoms with van der Waals surface area (Å²) < 4.78 is 5.14. The number of H-pyrrole nitrogens is 1. The molecule has 1 aromatic carbocycles. The molecule has 0 spiro atoms. The van der Waals surface area contributed by atoms with Crippen molar-refractivity contribution in [2.75, 3.05) is 12.4 Å². The number of nitrogens with zero attached hydrogens (tertiary/aromatic N) is 3. The normalized spacial score (nSPS) is 22.1. The fourth-order valence-electron chi connectivity index (χ4n) is 5.86. The summed E-state index contributed by atoms with van der Waals surface area (Å²) in [7, 11) is 1.42. The van der Waals surface area contributed by atoms with Crippen LogP contribution in [0, 0.1) is 16.7 Å². The van der Waals surface area contributed by atoms with Crippen LogP contribution < -0.4 is 5.32 Å². The van der Waals surface area contributed by atoms with Crippen molar-refractivity contribution in [3.05, 3.63) is 65.3 Å². The molecule has 0 bridgehead atoms. The van der Waals surface area contributed by atoms with Gasteiger partial charge in [-0.15, -0.1) is 0 Å². The summed E-state index contributed by atoms with van der Waals surface area (Å²) in [4.78, 5) is 34.3. The Morgan fingerprint density at radius 3 is 2.59 bits per heavy atom. The minimum Gasteiger partial charge on any atom is -0.453 e. The second-order valence-electron chi connectivity index (χ2n) is 12.4. The number of nitrogens with one attached hydrogen (secondary N) is 2. The Morgan fingerprint density at radius 2 is 1.97 bits per heavy atom. The quantitative estimate of drug-likeness (QED) is 0.400. The number of hydrogen-bond donors (Lipinski definition) is 2. The van der Waals surface area contributed by atoms with Gasteiger partial charge in [0.2, 0.25) is 0 Å². The summed E-state index contributed by atoms with van der Waals surface area (Å²) in [6.07, 6.45) is 11.1. The first-order valence-corrected chi connectivity index (χ1v) is 13.5. The van der Waals surface area contributed by atoms with E-state index in [1.807, 2.05) is 36.9 Å². The highest BCUT2D eigenvalue weighted by atomic mass is 16.5. The molecule has 2 aliphatic rings. The Morgan fingerprint density at radius 1 is 1.23 bits per heavy atom. The van der Waals surface area contributed by atoms with Gasteiger partial charge in [-0.05, 0) is 81.1 Å². The minimum absolute atomic E-state index is 0.0974. The van der Waals surface area contributed by atoms with E-state index in [4.69, 9.17) is 10.00 Å². The molecule has 8 nitrogen and oxygen atoms in total. The number of carbonyl (C=O) groups excluding carboxylic acids is 2. The van der Waals surface area contributed by atoms with Crippen LogP contribution in [0.4, 0.5) is 10.5 Å². The maximum atomic E-state index is 13.0. The molecule has 8 heteroatoms. The largest absolute Gasteiger partial charge is 0.453 e. The zero-order valence-electron chi connectivity index (χ0n) is 24.0. The van der Waals surface area contributed by atoms with Crippen molar-refractivity contribution in [1.29, 1.82) is 5.26 Å². The molecule has 2 amide bonds. The highest BCUT2D eigenvalue weighted by Crippen LogP contribution is 2.44. The van der Waals surface area contributed by atoms with Gasteiger partial charge in [0.1, 0.15) is 11.8 Å². The number of carbonyl (C=O) groups is 2. The average Bonchev–Trinajstić information content (AvgIpc) is 3.46. The number of aromatic nitrogens is 2. The van der Waals surface area contributed by atoms with E-state index in [1.165, 1.54) is 18.9 Å². The number of ether oxygens (including phenoxy) is 1. The van der Waals surface area contributed by atoms with Gasteiger partial charge in [0, 0.05) is 11.3 Å². The number of aromatic amines is 1. The molecular formula is C31H39N5O3. The maximum absolute atomic E-state index is 13.0. The Kier molecular flexibility index (Phi) is 7.48. The SMILES string of the molecule is COC(=O)N1C(C)(C)C=CC1(C)CC(C)c1ccc(NC(=O)c2ncc(C#N)[nH]2)c(C2=CCC(C)(C)CC2)c1. The van der Waals surface area contributed by atoms with Gasteiger partial charge in [0.15, 0.2) is 5.82 Å². The first-order chi connectivity index (χ1) is 18.3. The summed E-state index contributed by atoms with van der Waals surface area (Å²) in [5.74, 6) is -0.178. The third-order valence-electron chi connectivity index (χ3n) is 8.10. The number of hydrogen-bond acceptors (Lipinski definition) is 5. The van der Waals surface area contributed by atoms with Crippen LogP contribution in [0.25, 0.3) is 5.57 Å². The second kappa shape index (κ2) is 10.4. The molecule has 1 aliphatic heterocycles. The maximum Gasteiger partial charge on any atom is 0.410 e. The van der Waals surface area contributed by atoms with E-state index >= 15 is 0 Å². The van der Waals surface area contributed by atoms with E-state index < -0.39 is 17.0 Å². The lowest BCUT2D eigenvalue weighted by Gasteiger charge is -2.42. The standard InChI is InChI=1S/C31H39N5O3/c1-20(17-31(6)15-14-30(4,5)36(31)28(38)39-7)22-8-9-25(35-27(37)26-33-19-23(18-32)34-26)24(16-22)21-10-12-29(2,3)13-11-21/h8-10,14-16,19-20H,11-13,17H2,1-7H3,(H,33,34)(H,35,37). The lowest BCUT2D eigenvalue weighted by molar-refractivity contribution is 0.0528. The van der Waals surface area contributed by atoms with Gasteiger partial charge in [-0.25, -0.2) is 9.78 Å². The predicted octanol–water partition coefficient (Wildman–Crippen LogP) is 6.80. The Bertz CT molecular complexity index is 1380. The molecule has 0 saturated carbocycles. The highest BCUT2D eigenvalue weighted by Gasteiger charge is 2.47. The van der Waals surface area contributed by atoms with E-state index in [-0.39, 0.29) is 28.9 Å². The second-order valence-corrected chi connectivity index (χ2v) is 12.4. The van der Waals surface area contributed by atoms with Crippen molar-refractivity contribution in [1.82, 2.24) is 14.9 Å². The summed E-state index contributed by atoms with van der Waals surface area (Å²) >= 11 is 0. The molecule has 0 radical (unpaired) electrons. The van der Waals surface area contributed by atoms with Crippen molar-refractivity contribution in [2.24, 2.45) is 5.41 Å². The van der Waals surface area contributed by atoms with Crippen LogP contribution in [-0.2, 0) is 4.74 Å². The Hall–Kier alpha value is -3.86. The predicted molar refractivity (Wildman–Crippen MR) is 152 cm³/mol. The number of rotatable bonds is 6. The van der Waals surface area contributed by atoms with Gasteiger partial charge in [0.05, 0.1) is 24.4 Å². The molecular weight excluding hydrogens is 490 g/mol. The zero-order chi connectivity index (χ0) is 28.6. The van der Waals surface area contributed by atoms with E-state index in [1.54, 1.807) is 0 Å². The molecule has 39 heavy (non-hydrogen) atoms. The first kappa shape index (κ1) is 28.2. The number of allylic oxidation sites excluding steroid dienone is 2. The summed E-state index contributed by atoms with van der Waals surface area (Å²) in [5.41, 5.74) is 3.57. The topological polar surface area (TPSA) is 111 Å². The fourth-order valence-corrected chi connectivity index (χ4v) is 5.86. The zero-order valence-corrected chi connectivity index (χ0v) is 24.0. The van der Waals surface area contributed by atoms with E-state index in [0.29, 0.717) is 12.1 Å². The average molecular weight is 530 g/mol. The van der Waals surface area contributed by atoms with Crippen LogP contribution in [0.1, 0.15) is 101 Å². The monoisotopic (exact) mass is 529 g/mol. The molecule has 2 N–H and O–H groups in total. The van der Waals surface area contributed by atoms with Gasteiger partial charge in [-0.2, -0.15) is 5.26 Å². The lowest BCUT2D eigenvalue weighted by Crippen LogP contribution is -2.54. The molecule has 4 rings (SSSR count). The number of benzene rings is 1. The molecule has 0 fully saturated rings. The van der Waals surface area contributed by atoms with Gasteiger partial charge < -0.3 is 15.0 Å². The third kappa shape index (κ3) is 5.78. The van der Waals surface area contributed by atoms with Crippen LogP contribution in [0.2, 0.25) is 0 Å². The van der Waals surface area contributed by atoms with Crippen molar-refractivity contribution in [3.63, 3.8) is 0 Å². The van der Waals surface area contributed by atoms with Crippen LogP contribution in [0.15, 0.2) is 42.6 Å². The number of amides is 2. The molecule has 0 saturated heterocycles. The van der Waals surface area contributed by atoms with Crippen LogP contribution >= 0.6 is 0 Å². The van der Waals surface area contributed by atoms with Crippen molar-refractivity contribution >= 4 is 23.3 Å². The number of nitriles is 1. The number of anilines is 1. The Labute approximate surface area is 231 Å². The van der Waals surface area contributed by atoms with E-state index in [2.05, 4.69) is 67.3 Å². The molecule has 1 aromatic heterocycles. The third-order valence-corrected chi connectivity index (χ3v) is 8.10. The first-order valence-electron chi connectivity index (χ1n) is 13.5. The molecule has 1 aliphatic carbocycles. The number of imidazole rings is 1. The van der Waals surface area contributed by atoms with Gasteiger partial charge in [-0.3, -0.25) is 9.69 Å². The van der Waals surface area contributed by atoms with Gasteiger partial charge in [0.25, 0.3) is 5.91 Å². The lowest BCUT2D eigenvalue weighted by atomic mass is 9.76. The summed E-state index contributed by atoms with van der Waals surface area (Å²) in [6, 6.07) is 8.12. The Balaban J connectivity index is 1.66. The van der Waals surface area contributed by atoms with Crippen molar-refractivity contribution < 1.29 is 14.3 Å². The van der Waals surface area contributed by atoms with E-state index in [9.17, 15) is 9.59 Å². The smallest absolute Gasteiger partial charge is 0.410 e. The van der Waals surface area contributed by atoms with Crippen molar-refractivity contribution in [2.45, 2.75) is 84.2 Å². The summed E-state index contributed by atoms with van der Waals surface area (Å²) in [5, 5.41) is 12.1. The van der Waals surface area contributed by atoms with Gasteiger partial charge >= 0.3 is 6.09 Å². The molecule has 2 aromatic rings. The molecule has 2 heterocycles. The van der Waals surface area contributed by atoms with Crippen LogP contribution in [0.3, 0.4) is 0 Å². The van der Waals surface area contributed by atoms with Crippen LogP contribution in [-0.4, -0.2) is 45.1 Å². The highest BCUT2D eigenvalue weighted by molar-refractivity contribution is 6.03. The fraction of sp³-hybridized carbons (Fsp3) is 0.484. The van der Waals surface area contributed by atoms with Crippen molar-refractivity contribution in [3.8, 4) is 6.07 Å². The van der Waals surface area contributed by atoms with E-state index in [0.717, 1.165) is 30.4 Å². The van der Waals surface area contributed by atoms with Crippen LogP contribution in [0.5, 0.6) is 0 Å². The molecule has 2 unspecified atom stereocenters. The minimum atomic E-state index is -0.505. The number of methoxy groups -OCH3 is 1.